The molecular weight excluding hydrogens is 558 g/mol. The number of halogens is 1. The largest absolute Gasteiger partial charge is 0.342 e. The number of aromatic nitrogens is 2. The molecule has 2 aromatic heterocycles. The molecule has 42 heavy (non-hydrogen) atoms. The second kappa shape index (κ2) is 10.1. The number of fused-ring (bicyclic) bond motifs is 4. The van der Waals surface area contributed by atoms with Gasteiger partial charge in [0, 0.05) is 39.8 Å². The van der Waals surface area contributed by atoms with Crippen molar-refractivity contribution in [2.45, 2.75) is 25.4 Å². The van der Waals surface area contributed by atoms with Crippen molar-refractivity contribution in [1.29, 1.82) is 0 Å². The highest BCUT2D eigenvalue weighted by Gasteiger charge is 2.32. The fourth-order valence-electron chi connectivity index (χ4n) is 6.43. The molecule has 4 aromatic carbocycles. The molecule has 0 radical (unpaired) electrons. The monoisotopic (exact) mass is 583 g/mol. The van der Waals surface area contributed by atoms with E-state index in [0.29, 0.717) is 11.1 Å². The molecule has 1 aliphatic carbocycles. The summed E-state index contributed by atoms with van der Waals surface area (Å²) in [7, 11) is 0. The van der Waals surface area contributed by atoms with E-state index in [-0.39, 0.29) is 11.6 Å². The van der Waals surface area contributed by atoms with Crippen molar-refractivity contribution in [1.82, 2.24) is 9.13 Å². The summed E-state index contributed by atoms with van der Waals surface area (Å²) in [6.07, 6.45) is 5.99. The molecule has 6 aromatic rings. The third-order valence-corrected chi connectivity index (χ3v) is 9.74. The molecule has 204 valence electrons. The van der Waals surface area contributed by atoms with Gasteiger partial charge in [-0.1, -0.05) is 114 Å². The van der Waals surface area contributed by atoms with Gasteiger partial charge in [-0.15, -0.1) is 0 Å². The van der Waals surface area contributed by atoms with Crippen molar-refractivity contribution in [3.63, 3.8) is 0 Å². The van der Waals surface area contributed by atoms with Gasteiger partial charge < -0.3 is 4.57 Å². The molecule has 0 fully saturated rings. The number of nitrogens with zero attached hydrogens (tertiary/aromatic N) is 3. The second-order valence-electron chi connectivity index (χ2n) is 10.8. The molecule has 0 saturated heterocycles. The Morgan fingerprint density at radius 2 is 1.64 bits per heavy atom. The van der Waals surface area contributed by atoms with E-state index in [9.17, 15) is 4.79 Å². The Bertz CT molecular complexity index is 2220. The number of allylic oxidation sites excluding steroid dienone is 1. The Hall–Kier alpha value is -4.45. The summed E-state index contributed by atoms with van der Waals surface area (Å²) >= 11 is 7.98. The van der Waals surface area contributed by atoms with Gasteiger partial charge in [0.15, 0.2) is 4.80 Å². The van der Waals surface area contributed by atoms with Crippen LogP contribution < -0.4 is 14.9 Å². The van der Waals surface area contributed by atoms with Crippen LogP contribution in [0.15, 0.2) is 125 Å². The summed E-state index contributed by atoms with van der Waals surface area (Å²) in [5, 5.41) is 1.85. The van der Waals surface area contributed by atoms with Crippen LogP contribution in [0.1, 0.15) is 40.3 Å². The topological polar surface area (TPSA) is 39.3 Å². The minimum absolute atomic E-state index is 0.000876. The number of hydrogen-bond acceptors (Lipinski definition) is 3. The maximum absolute atomic E-state index is 14.2. The lowest BCUT2D eigenvalue weighted by Gasteiger charge is -2.30. The lowest BCUT2D eigenvalue weighted by molar-refractivity contribution is 0.585. The van der Waals surface area contributed by atoms with Gasteiger partial charge in [-0.25, -0.2) is 4.99 Å². The van der Waals surface area contributed by atoms with Crippen LogP contribution in [-0.2, 0) is 13.0 Å². The van der Waals surface area contributed by atoms with Crippen LogP contribution in [-0.4, -0.2) is 9.13 Å². The number of rotatable bonds is 4. The summed E-state index contributed by atoms with van der Waals surface area (Å²) in [6, 6.07) is 35.0. The molecule has 0 bridgehead atoms. The quantitative estimate of drug-likeness (QED) is 0.221. The SMILES string of the molecule is O=c1/c(=C/c2cn(Cc3ccccc3Cl)c3ccccc23)sc2n1[C@@H](c1ccccc1)C1=C(N=2)c2ccccc2CC1. The van der Waals surface area contributed by atoms with E-state index in [1.807, 2.05) is 47.0 Å². The van der Waals surface area contributed by atoms with Crippen molar-refractivity contribution >= 4 is 45.6 Å². The fourth-order valence-corrected chi connectivity index (χ4v) is 7.62. The molecule has 0 N–H and O–H groups in total. The van der Waals surface area contributed by atoms with E-state index in [0.717, 1.165) is 56.0 Å². The highest BCUT2D eigenvalue weighted by atomic mass is 35.5. The summed E-state index contributed by atoms with van der Waals surface area (Å²) in [5.74, 6) is 0. The predicted molar refractivity (Wildman–Crippen MR) is 172 cm³/mol. The van der Waals surface area contributed by atoms with Gasteiger partial charge in [-0.3, -0.25) is 9.36 Å². The van der Waals surface area contributed by atoms with Crippen molar-refractivity contribution in [2.75, 3.05) is 0 Å². The predicted octanol–water partition coefficient (Wildman–Crippen LogP) is 6.98. The van der Waals surface area contributed by atoms with Crippen molar-refractivity contribution in [3.8, 4) is 0 Å². The summed E-state index contributed by atoms with van der Waals surface area (Å²) in [6.45, 7) is 0.648. The molecule has 0 saturated carbocycles. The molecule has 0 unspecified atom stereocenters. The Morgan fingerprint density at radius 1 is 0.881 bits per heavy atom. The zero-order valence-corrected chi connectivity index (χ0v) is 24.3. The van der Waals surface area contributed by atoms with Crippen LogP contribution >= 0.6 is 22.9 Å². The maximum atomic E-state index is 14.2. The van der Waals surface area contributed by atoms with Crippen LogP contribution in [0.4, 0.5) is 0 Å². The lowest BCUT2D eigenvalue weighted by atomic mass is 9.83. The van der Waals surface area contributed by atoms with Crippen LogP contribution in [0, 0.1) is 0 Å². The molecule has 4 nitrogen and oxygen atoms in total. The van der Waals surface area contributed by atoms with Crippen LogP contribution in [0.3, 0.4) is 0 Å². The highest BCUT2D eigenvalue weighted by molar-refractivity contribution is 7.07. The van der Waals surface area contributed by atoms with E-state index in [2.05, 4.69) is 77.5 Å². The second-order valence-corrected chi connectivity index (χ2v) is 12.3. The van der Waals surface area contributed by atoms with E-state index in [4.69, 9.17) is 16.6 Å². The van der Waals surface area contributed by atoms with E-state index >= 15 is 0 Å². The van der Waals surface area contributed by atoms with E-state index in [1.165, 1.54) is 28.0 Å². The zero-order valence-electron chi connectivity index (χ0n) is 22.7. The van der Waals surface area contributed by atoms with Crippen molar-refractivity contribution in [3.05, 3.63) is 167 Å². The molecule has 0 spiro atoms. The minimum atomic E-state index is -0.172. The van der Waals surface area contributed by atoms with Gasteiger partial charge in [-0.2, -0.15) is 0 Å². The minimum Gasteiger partial charge on any atom is -0.342 e. The van der Waals surface area contributed by atoms with Gasteiger partial charge in [0.1, 0.15) is 0 Å². The normalized spacial score (nSPS) is 16.2. The van der Waals surface area contributed by atoms with E-state index in [1.54, 1.807) is 0 Å². The standard InChI is InChI=1S/C36H26ClN3OS/c37-30-16-8-5-13-25(30)21-39-22-26(27-14-7-9-17-31(27)39)20-32-35(41)40-34(24-11-2-1-3-12-24)29-19-18-23-10-4-6-15-28(23)33(29)38-36(40)42-32/h1-17,20,22,34H,18-19,21H2/b32-20-/t34-/m0/s1. The van der Waals surface area contributed by atoms with Gasteiger partial charge in [0.25, 0.3) is 5.56 Å². The summed E-state index contributed by atoms with van der Waals surface area (Å²) < 4.78 is 4.81. The van der Waals surface area contributed by atoms with Gasteiger partial charge in [-0.05, 0) is 53.3 Å². The molecule has 0 amide bonds. The molecule has 1 aliphatic heterocycles. The average molecular weight is 584 g/mol. The van der Waals surface area contributed by atoms with Crippen LogP contribution in [0.2, 0.25) is 5.02 Å². The highest BCUT2D eigenvalue weighted by Crippen LogP contribution is 2.41. The molecule has 1 atom stereocenters. The first-order valence-electron chi connectivity index (χ1n) is 14.1. The third kappa shape index (κ3) is 4.12. The maximum Gasteiger partial charge on any atom is 0.271 e. The van der Waals surface area contributed by atoms with Gasteiger partial charge in [0.05, 0.1) is 16.3 Å². The third-order valence-electron chi connectivity index (χ3n) is 8.39. The Labute approximate surface area is 251 Å². The van der Waals surface area contributed by atoms with Crippen molar-refractivity contribution in [2.24, 2.45) is 4.99 Å². The van der Waals surface area contributed by atoms with Crippen LogP contribution in [0.5, 0.6) is 0 Å². The first kappa shape index (κ1) is 25.3. The molecule has 2 aliphatic rings. The number of thiazole rings is 1. The average Bonchev–Trinajstić information content (AvgIpc) is 3.53. The van der Waals surface area contributed by atoms with Gasteiger partial charge in [0.2, 0.25) is 0 Å². The number of aryl methyl sites for hydroxylation is 1. The first-order chi connectivity index (χ1) is 20.7. The number of hydrogen-bond donors (Lipinski definition) is 0. The van der Waals surface area contributed by atoms with Crippen molar-refractivity contribution < 1.29 is 0 Å². The fraction of sp³-hybridized carbons (Fsp3) is 0.111. The molecule has 3 heterocycles. The summed E-state index contributed by atoms with van der Waals surface area (Å²) in [4.78, 5) is 20.1. The van der Waals surface area contributed by atoms with Gasteiger partial charge >= 0.3 is 0 Å². The Morgan fingerprint density at radius 3 is 2.52 bits per heavy atom. The van der Waals surface area contributed by atoms with E-state index < -0.39 is 0 Å². The summed E-state index contributed by atoms with van der Waals surface area (Å²) in [5.41, 5.74) is 9.02. The van der Waals surface area contributed by atoms with Crippen LogP contribution in [0.25, 0.3) is 22.7 Å². The Kier molecular flexibility index (Phi) is 6.09. The molecular formula is C36H26ClN3OS. The first-order valence-corrected chi connectivity index (χ1v) is 15.3. The zero-order chi connectivity index (χ0) is 28.2. The Balaban J connectivity index is 1.32. The smallest absolute Gasteiger partial charge is 0.271 e. The molecule has 6 heteroatoms. The molecule has 8 rings (SSSR count). The lowest BCUT2D eigenvalue weighted by Crippen LogP contribution is -2.38. The number of para-hydroxylation sites is 1. The number of benzene rings is 4.